The van der Waals surface area contributed by atoms with Crippen molar-refractivity contribution in [3.63, 3.8) is 0 Å². The maximum atomic E-state index is 13.9. The van der Waals surface area contributed by atoms with Crippen LogP contribution >= 0.6 is 0 Å². The van der Waals surface area contributed by atoms with E-state index in [0.717, 1.165) is 16.8 Å². The van der Waals surface area contributed by atoms with Gasteiger partial charge in [0.05, 0.1) is 18.7 Å². The van der Waals surface area contributed by atoms with Crippen molar-refractivity contribution in [3.05, 3.63) is 119 Å². The highest BCUT2D eigenvalue weighted by Gasteiger charge is 2.26. The number of furan rings is 1. The number of hydrogen-bond acceptors (Lipinski definition) is 4. The largest absolute Gasteiger partial charge is 0.467 e. The van der Waals surface area contributed by atoms with Crippen LogP contribution < -0.4 is 10.2 Å². The van der Waals surface area contributed by atoms with Gasteiger partial charge in [0.2, 0.25) is 5.91 Å². The topological polar surface area (TPSA) is 65.8 Å². The van der Waals surface area contributed by atoms with Crippen LogP contribution in [0, 0.1) is 5.82 Å². The number of carbonyl (C=O) groups is 2. The summed E-state index contributed by atoms with van der Waals surface area (Å²) >= 11 is 0. The predicted molar refractivity (Wildman–Crippen MR) is 148 cm³/mol. The van der Waals surface area contributed by atoms with Crippen molar-refractivity contribution < 1.29 is 18.4 Å². The summed E-state index contributed by atoms with van der Waals surface area (Å²) in [5.41, 5.74) is 3.52. The molecule has 1 N–H and O–H groups in total. The Hall–Kier alpha value is -4.39. The van der Waals surface area contributed by atoms with E-state index in [4.69, 9.17) is 4.42 Å². The first-order valence-corrected chi connectivity index (χ1v) is 12.6. The molecule has 3 aromatic carbocycles. The molecule has 196 valence electrons. The Labute approximate surface area is 222 Å². The minimum atomic E-state index is -0.475. The zero-order valence-electron chi connectivity index (χ0n) is 21.9. The first-order chi connectivity index (χ1) is 18.4. The molecule has 0 spiro atoms. The van der Waals surface area contributed by atoms with Crippen molar-refractivity contribution in [1.82, 2.24) is 4.90 Å². The molecule has 0 radical (unpaired) electrons. The molecular formula is C31H32FN3O3. The fourth-order valence-electron chi connectivity index (χ4n) is 4.53. The molecule has 0 aliphatic carbocycles. The van der Waals surface area contributed by atoms with Crippen LogP contribution in [0.1, 0.15) is 46.5 Å². The SMILES string of the molecule is CCC(C(=O)N(Cc1ccco1)Cc1cc(NC(=O)c2cccc(F)c2)ccc1N(C)C)c1ccccc1. The summed E-state index contributed by atoms with van der Waals surface area (Å²) in [4.78, 5) is 30.5. The molecular weight excluding hydrogens is 481 g/mol. The average molecular weight is 514 g/mol. The Bertz CT molecular complexity index is 1370. The van der Waals surface area contributed by atoms with Crippen molar-refractivity contribution in [1.29, 1.82) is 0 Å². The van der Waals surface area contributed by atoms with Crippen molar-refractivity contribution in [2.75, 3.05) is 24.3 Å². The van der Waals surface area contributed by atoms with Crippen LogP contribution in [0.15, 0.2) is 95.6 Å². The van der Waals surface area contributed by atoms with Crippen LogP contribution in [-0.4, -0.2) is 30.8 Å². The lowest BCUT2D eigenvalue weighted by molar-refractivity contribution is -0.134. The molecule has 1 aromatic heterocycles. The molecule has 6 nitrogen and oxygen atoms in total. The molecule has 4 aromatic rings. The van der Waals surface area contributed by atoms with E-state index in [1.54, 1.807) is 29.4 Å². The van der Waals surface area contributed by atoms with Crippen molar-refractivity contribution in [2.45, 2.75) is 32.4 Å². The Morgan fingerprint density at radius 1 is 0.921 bits per heavy atom. The van der Waals surface area contributed by atoms with Gasteiger partial charge >= 0.3 is 0 Å². The third kappa shape index (κ3) is 6.48. The number of hydrogen-bond donors (Lipinski definition) is 1. The molecule has 1 atom stereocenters. The summed E-state index contributed by atoms with van der Waals surface area (Å²) in [6, 6.07) is 24.6. The van der Waals surface area contributed by atoms with Gasteiger partial charge in [-0.1, -0.05) is 43.3 Å². The Balaban J connectivity index is 1.65. The first-order valence-electron chi connectivity index (χ1n) is 12.6. The van der Waals surface area contributed by atoms with Gasteiger partial charge in [-0.3, -0.25) is 9.59 Å². The van der Waals surface area contributed by atoms with Crippen LogP contribution in [0.5, 0.6) is 0 Å². The number of nitrogens with one attached hydrogen (secondary N) is 1. The second-order valence-corrected chi connectivity index (χ2v) is 9.35. The molecule has 1 unspecified atom stereocenters. The summed E-state index contributed by atoms with van der Waals surface area (Å²) < 4.78 is 19.2. The van der Waals surface area contributed by atoms with E-state index in [2.05, 4.69) is 5.32 Å². The molecule has 0 fully saturated rings. The number of anilines is 2. The molecule has 4 rings (SSSR count). The van der Waals surface area contributed by atoms with Gasteiger partial charge < -0.3 is 19.5 Å². The van der Waals surface area contributed by atoms with Crippen molar-refractivity contribution >= 4 is 23.2 Å². The fraction of sp³-hybridized carbons (Fsp3) is 0.226. The lowest BCUT2D eigenvalue weighted by atomic mass is 9.94. The second kappa shape index (κ2) is 12.2. The maximum Gasteiger partial charge on any atom is 0.255 e. The van der Waals surface area contributed by atoms with Gasteiger partial charge in [-0.25, -0.2) is 4.39 Å². The van der Waals surface area contributed by atoms with E-state index < -0.39 is 11.7 Å². The molecule has 38 heavy (non-hydrogen) atoms. The number of benzene rings is 3. The number of rotatable bonds is 10. The highest BCUT2D eigenvalue weighted by Crippen LogP contribution is 2.29. The smallest absolute Gasteiger partial charge is 0.255 e. The van der Waals surface area contributed by atoms with E-state index in [9.17, 15) is 14.0 Å². The molecule has 1 heterocycles. The fourth-order valence-corrected chi connectivity index (χ4v) is 4.53. The highest BCUT2D eigenvalue weighted by atomic mass is 19.1. The molecule has 0 saturated heterocycles. The van der Waals surface area contributed by atoms with Gasteiger partial charge in [-0.05, 0) is 66.1 Å². The summed E-state index contributed by atoms with van der Waals surface area (Å²) in [7, 11) is 3.86. The van der Waals surface area contributed by atoms with Crippen LogP contribution in [0.2, 0.25) is 0 Å². The standard InChI is InChI=1S/C31H32FN3O3/c1-4-28(22-10-6-5-7-11-22)31(37)35(21-27-14-9-17-38-27)20-24-19-26(15-16-29(24)34(2)3)33-30(36)23-12-8-13-25(32)18-23/h5-19,28H,4,20-21H2,1-3H3,(H,33,36). The van der Waals surface area contributed by atoms with Crippen LogP contribution in [0.4, 0.5) is 15.8 Å². The van der Waals surface area contributed by atoms with Crippen molar-refractivity contribution in [3.8, 4) is 0 Å². The highest BCUT2D eigenvalue weighted by molar-refractivity contribution is 6.04. The number of amides is 2. The molecule has 0 aliphatic heterocycles. The van der Waals surface area contributed by atoms with Crippen LogP contribution in [0.25, 0.3) is 0 Å². The Morgan fingerprint density at radius 3 is 2.37 bits per heavy atom. The monoisotopic (exact) mass is 513 g/mol. The zero-order chi connectivity index (χ0) is 27.1. The third-order valence-corrected chi connectivity index (χ3v) is 6.41. The van der Waals surface area contributed by atoms with E-state index in [-0.39, 0.29) is 17.4 Å². The van der Waals surface area contributed by atoms with Crippen molar-refractivity contribution in [2.24, 2.45) is 0 Å². The quantitative estimate of drug-likeness (QED) is 0.264. The van der Waals surface area contributed by atoms with Gasteiger partial charge in [0.1, 0.15) is 11.6 Å². The van der Waals surface area contributed by atoms with E-state index in [1.165, 1.54) is 18.2 Å². The van der Waals surface area contributed by atoms with E-state index >= 15 is 0 Å². The molecule has 7 heteroatoms. The van der Waals surface area contributed by atoms with Gasteiger partial charge in [0.15, 0.2) is 0 Å². The minimum Gasteiger partial charge on any atom is -0.467 e. The lowest BCUT2D eigenvalue weighted by Crippen LogP contribution is -2.34. The molecule has 0 bridgehead atoms. The number of halogens is 1. The molecule has 2 amide bonds. The van der Waals surface area contributed by atoms with Gasteiger partial charge in [-0.2, -0.15) is 0 Å². The van der Waals surface area contributed by atoms with E-state index in [1.807, 2.05) is 74.4 Å². The minimum absolute atomic E-state index is 0.00555. The first kappa shape index (κ1) is 26.7. The molecule has 0 aliphatic rings. The van der Waals surface area contributed by atoms with Crippen LogP contribution in [0.3, 0.4) is 0 Å². The van der Waals surface area contributed by atoms with E-state index in [0.29, 0.717) is 31.0 Å². The zero-order valence-corrected chi connectivity index (χ0v) is 21.9. The second-order valence-electron chi connectivity index (χ2n) is 9.35. The predicted octanol–water partition coefficient (Wildman–Crippen LogP) is 6.46. The average Bonchev–Trinajstić information content (AvgIpc) is 3.42. The van der Waals surface area contributed by atoms with Gasteiger partial charge in [0.25, 0.3) is 5.91 Å². The number of carbonyl (C=O) groups excluding carboxylic acids is 2. The third-order valence-electron chi connectivity index (χ3n) is 6.41. The summed E-state index contributed by atoms with van der Waals surface area (Å²) in [5, 5.41) is 2.85. The molecule has 0 saturated carbocycles. The Kier molecular flexibility index (Phi) is 8.58. The maximum absolute atomic E-state index is 13.9. The summed E-state index contributed by atoms with van der Waals surface area (Å²) in [5.74, 6) is -0.508. The summed E-state index contributed by atoms with van der Waals surface area (Å²) in [6.07, 6.45) is 2.25. The van der Waals surface area contributed by atoms with Gasteiger partial charge in [-0.15, -0.1) is 0 Å². The normalized spacial score (nSPS) is 11.6. The lowest BCUT2D eigenvalue weighted by Gasteiger charge is -2.29. The van der Waals surface area contributed by atoms with Crippen LogP contribution in [-0.2, 0) is 17.9 Å². The summed E-state index contributed by atoms with van der Waals surface area (Å²) in [6.45, 7) is 2.62. The number of nitrogens with zero attached hydrogens (tertiary/aromatic N) is 2. The Morgan fingerprint density at radius 2 is 1.71 bits per heavy atom. The van der Waals surface area contributed by atoms with Gasteiger partial charge in [0, 0.05) is 37.6 Å².